The number of amides is 1. The summed E-state index contributed by atoms with van der Waals surface area (Å²) in [7, 11) is -3.81. The predicted octanol–water partition coefficient (Wildman–Crippen LogP) is 3.40. The van der Waals surface area contributed by atoms with Crippen LogP contribution in [0.4, 0.5) is 0 Å². The van der Waals surface area contributed by atoms with Crippen molar-refractivity contribution in [3.8, 4) is 0 Å². The summed E-state index contributed by atoms with van der Waals surface area (Å²) in [6, 6.07) is 15.1. The minimum Gasteiger partial charge on any atom is -0.352 e. The molecule has 1 atom stereocenters. The molecule has 3 rings (SSSR count). The first-order valence-electron chi connectivity index (χ1n) is 9.06. The van der Waals surface area contributed by atoms with Crippen LogP contribution in [0.15, 0.2) is 64.0 Å². The van der Waals surface area contributed by atoms with Gasteiger partial charge in [0.1, 0.15) is 6.04 Å². The third-order valence-electron chi connectivity index (χ3n) is 4.72. The van der Waals surface area contributed by atoms with E-state index in [1.165, 1.54) is 12.1 Å². The van der Waals surface area contributed by atoms with Gasteiger partial charge in [0.2, 0.25) is 15.9 Å². The fraction of sp³-hybridized carbons (Fsp3) is 0.350. The Morgan fingerprint density at radius 2 is 1.67 bits per heavy atom. The highest BCUT2D eigenvalue weighted by Gasteiger charge is 2.28. The maximum Gasteiger partial charge on any atom is 0.241 e. The molecule has 0 bridgehead atoms. The molecule has 0 saturated heterocycles. The van der Waals surface area contributed by atoms with Gasteiger partial charge in [0.25, 0.3) is 0 Å². The SMILES string of the molecule is O=C(NC1CCCC1)C(Cc1ccccc1)NS(=O)(=O)c1ccc(Br)cc1. The molecule has 2 aromatic carbocycles. The van der Waals surface area contributed by atoms with E-state index in [1.54, 1.807) is 12.1 Å². The van der Waals surface area contributed by atoms with E-state index in [2.05, 4.69) is 26.0 Å². The Balaban J connectivity index is 1.79. The van der Waals surface area contributed by atoms with Crippen LogP contribution in [-0.2, 0) is 21.2 Å². The Labute approximate surface area is 168 Å². The van der Waals surface area contributed by atoms with Gasteiger partial charge in [-0.1, -0.05) is 59.1 Å². The van der Waals surface area contributed by atoms with Gasteiger partial charge in [-0.25, -0.2) is 8.42 Å². The first kappa shape index (κ1) is 20.0. The molecule has 0 aliphatic heterocycles. The van der Waals surface area contributed by atoms with Crippen molar-refractivity contribution in [1.29, 1.82) is 0 Å². The summed E-state index contributed by atoms with van der Waals surface area (Å²) >= 11 is 3.30. The minimum atomic E-state index is -3.81. The van der Waals surface area contributed by atoms with Gasteiger partial charge in [-0.3, -0.25) is 4.79 Å². The zero-order valence-corrected chi connectivity index (χ0v) is 17.3. The van der Waals surface area contributed by atoms with Crippen LogP contribution in [-0.4, -0.2) is 26.4 Å². The van der Waals surface area contributed by atoms with Gasteiger partial charge in [0.15, 0.2) is 0 Å². The number of rotatable bonds is 7. The molecule has 1 unspecified atom stereocenters. The molecule has 1 aliphatic carbocycles. The summed E-state index contributed by atoms with van der Waals surface area (Å²) in [6.45, 7) is 0. The van der Waals surface area contributed by atoms with Gasteiger partial charge in [-0.05, 0) is 49.1 Å². The van der Waals surface area contributed by atoms with Gasteiger partial charge in [-0.2, -0.15) is 4.72 Å². The van der Waals surface area contributed by atoms with E-state index in [9.17, 15) is 13.2 Å². The number of benzene rings is 2. The molecule has 1 fully saturated rings. The number of hydrogen-bond donors (Lipinski definition) is 2. The second kappa shape index (κ2) is 8.99. The quantitative estimate of drug-likeness (QED) is 0.678. The van der Waals surface area contributed by atoms with E-state index in [0.717, 1.165) is 35.7 Å². The van der Waals surface area contributed by atoms with Crippen LogP contribution in [0.2, 0.25) is 0 Å². The summed E-state index contributed by atoms with van der Waals surface area (Å²) in [5.74, 6) is -0.272. The first-order chi connectivity index (χ1) is 12.9. The third kappa shape index (κ3) is 5.64. The third-order valence-corrected chi connectivity index (χ3v) is 6.74. The monoisotopic (exact) mass is 450 g/mol. The lowest BCUT2D eigenvalue weighted by Gasteiger charge is -2.21. The molecular weight excluding hydrogens is 428 g/mol. The van der Waals surface area contributed by atoms with Gasteiger partial charge < -0.3 is 5.32 Å². The first-order valence-corrected chi connectivity index (χ1v) is 11.3. The fourth-order valence-electron chi connectivity index (χ4n) is 3.28. The standard InChI is InChI=1S/C20H23BrN2O3S/c21-16-10-12-18(13-11-16)27(25,26)23-19(14-15-6-2-1-3-7-15)20(24)22-17-8-4-5-9-17/h1-3,6-7,10-13,17,19,23H,4-5,8-9,14H2,(H,22,24). The molecule has 0 spiro atoms. The lowest BCUT2D eigenvalue weighted by atomic mass is 10.1. The second-order valence-corrected chi connectivity index (χ2v) is 9.44. The molecule has 0 heterocycles. The largest absolute Gasteiger partial charge is 0.352 e. The Morgan fingerprint density at radius 3 is 2.30 bits per heavy atom. The number of sulfonamides is 1. The second-order valence-electron chi connectivity index (χ2n) is 6.81. The van der Waals surface area contributed by atoms with E-state index < -0.39 is 16.1 Å². The lowest BCUT2D eigenvalue weighted by molar-refractivity contribution is -0.123. The van der Waals surface area contributed by atoms with Crippen LogP contribution in [0.5, 0.6) is 0 Å². The number of hydrogen-bond acceptors (Lipinski definition) is 3. The highest BCUT2D eigenvalue weighted by molar-refractivity contribution is 9.10. The van der Waals surface area contributed by atoms with Crippen LogP contribution >= 0.6 is 15.9 Å². The molecule has 1 saturated carbocycles. The van der Waals surface area contributed by atoms with E-state index in [4.69, 9.17) is 0 Å². The van der Waals surface area contributed by atoms with Crippen LogP contribution in [0.1, 0.15) is 31.2 Å². The zero-order valence-electron chi connectivity index (χ0n) is 14.9. The van der Waals surface area contributed by atoms with Gasteiger partial charge in [0, 0.05) is 10.5 Å². The molecule has 2 aromatic rings. The van der Waals surface area contributed by atoms with Crippen LogP contribution in [0.3, 0.4) is 0 Å². The smallest absolute Gasteiger partial charge is 0.241 e. The lowest BCUT2D eigenvalue weighted by Crippen LogP contribution is -2.50. The van der Waals surface area contributed by atoms with Crippen molar-refractivity contribution in [2.24, 2.45) is 0 Å². The normalized spacial score (nSPS) is 16.2. The fourth-order valence-corrected chi connectivity index (χ4v) is 4.74. The van der Waals surface area contributed by atoms with Crippen molar-refractivity contribution in [3.63, 3.8) is 0 Å². The van der Waals surface area contributed by atoms with Crippen LogP contribution < -0.4 is 10.0 Å². The maximum atomic E-state index is 12.8. The predicted molar refractivity (Wildman–Crippen MR) is 109 cm³/mol. The molecule has 7 heteroatoms. The van der Waals surface area contributed by atoms with Gasteiger partial charge in [0.05, 0.1) is 4.90 Å². The Kier molecular flexibility index (Phi) is 6.68. The van der Waals surface area contributed by atoms with E-state index in [1.807, 2.05) is 30.3 Å². The highest BCUT2D eigenvalue weighted by Crippen LogP contribution is 2.19. The molecule has 0 aromatic heterocycles. The van der Waals surface area contributed by atoms with Crippen molar-refractivity contribution in [1.82, 2.24) is 10.0 Å². The molecule has 144 valence electrons. The molecule has 1 amide bonds. The molecule has 27 heavy (non-hydrogen) atoms. The molecule has 5 nitrogen and oxygen atoms in total. The molecular formula is C20H23BrN2O3S. The summed E-state index contributed by atoms with van der Waals surface area (Å²) in [6.07, 6.45) is 4.39. The molecule has 0 radical (unpaired) electrons. The summed E-state index contributed by atoms with van der Waals surface area (Å²) < 4.78 is 28.9. The van der Waals surface area contributed by atoms with Crippen LogP contribution in [0, 0.1) is 0 Å². The number of carbonyl (C=O) groups excluding carboxylic acids is 1. The van der Waals surface area contributed by atoms with Crippen molar-refractivity contribution >= 4 is 31.9 Å². The van der Waals surface area contributed by atoms with Crippen LogP contribution in [0.25, 0.3) is 0 Å². The van der Waals surface area contributed by atoms with Gasteiger partial charge in [-0.15, -0.1) is 0 Å². The van der Waals surface area contributed by atoms with Crippen molar-refractivity contribution in [3.05, 3.63) is 64.6 Å². The summed E-state index contributed by atoms with van der Waals surface area (Å²) in [4.78, 5) is 13.0. The molecule has 1 aliphatic rings. The maximum absolute atomic E-state index is 12.8. The average molecular weight is 451 g/mol. The minimum absolute atomic E-state index is 0.132. The number of halogens is 1. The topological polar surface area (TPSA) is 75.3 Å². The number of nitrogens with one attached hydrogen (secondary N) is 2. The van der Waals surface area contributed by atoms with Gasteiger partial charge >= 0.3 is 0 Å². The van der Waals surface area contributed by atoms with Crippen molar-refractivity contribution in [2.75, 3.05) is 0 Å². The molecule has 2 N–H and O–H groups in total. The van der Waals surface area contributed by atoms with Crippen molar-refractivity contribution in [2.45, 2.75) is 49.1 Å². The number of carbonyl (C=O) groups is 1. The highest BCUT2D eigenvalue weighted by atomic mass is 79.9. The summed E-state index contributed by atoms with van der Waals surface area (Å²) in [5, 5.41) is 3.01. The van der Waals surface area contributed by atoms with Crippen molar-refractivity contribution < 1.29 is 13.2 Å². The Bertz CT molecular complexity index is 864. The average Bonchev–Trinajstić information content (AvgIpc) is 3.15. The van der Waals surface area contributed by atoms with E-state index in [-0.39, 0.29) is 16.8 Å². The Morgan fingerprint density at radius 1 is 1.04 bits per heavy atom. The zero-order chi connectivity index (χ0) is 19.3. The van der Waals surface area contributed by atoms with E-state index in [0.29, 0.717) is 6.42 Å². The van der Waals surface area contributed by atoms with E-state index >= 15 is 0 Å². The summed E-state index contributed by atoms with van der Waals surface area (Å²) in [5.41, 5.74) is 0.905. The Hall–Kier alpha value is -1.70.